The zero-order valence-corrected chi connectivity index (χ0v) is 17.0. The number of pyridine rings is 1. The van der Waals surface area contributed by atoms with Gasteiger partial charge in [-0.05, 0) is 49.2 Å². The summed E-state index contributed by atoms with van der Waals surface area (Å²) in [5.74, 6) is 0.815. The third-order valence-corrected chi connectivity index (χ3v) is 5.21. The van der Waals surface area contributed by atoms with Crippen molar-refractivity contribution in [1.82, 2.24) is 15.3 Å². The molecular weight excluding hydrogens is 394 g/mol. The van der Waals surface area contributed by atoms with Gasteiger partial charge in [0.2, 0.25) is 5.91 Å². The van der Waals surface area contributed by atoms with Crippen molar-refractivity contribution in [1.29, 1.82) is 0 Å². The van der Waals surface area contributed by atoms with Crippen LogP contribution in [0.3, 0.4) is 0 Å². The zero-order valence-electron chi connectivity index (χ0n) is 15.4. The number of hydrogen-bond donors (Lipinski definition) is 1. The van der Waals surface area contributed by atoms with Gasteiger partial charge in [-0.3, -0.25) is 9.78 Å². The second-order valence-corrected chi connectivity index (χ2v) is 7.60. The summed E-state index contributed by atoms with van der Waals surface area (Å²) < 4.78 is 5.58. The highest BCUT2D eigenvalue weighted by atomic mass is 35.5. The minimum absolute atomic E-state index is 0.0521. The second kappa shape index (κ2) is 10.8. The lowest BCUT2D eigenvalue weighted by Gasteiger charge is -2.07. The Bertz CT molecular complexity index is 869. The average molecular weight is 416 g/mol. The van der Waals surface area contributed by atoms with Crippen LogP contribution in [0.1, 0.15) is 24.3 Å². The minimum atomic E-state index is 0.0521. The molecule has 1 aromatic carbocycles. The van der Waals surface area contributed by atoms with Crippen molar-refractivity contribution in [3.63, 3.8) is 0 Å². The summed E-state index contributed by atoms with van der Waals surface area (Å²) in [6.45, 7) is 1.16. The predicted molar refractivity (Wildman–Crippen MR) is 113 cm³/mol. The lowest BCUT2D eigenvalue weighted by atomic mass is 10.2. The molecule has 0 fully saturated rings. The number of benzene rings is 1. The van der Waals surface area contributed by atoms with Crippen molar-refractivity contribution < 1.29 is 9.53 Å². The van der Waals surface area contributed by atoms with Crippen molar-refractivity contribution in [2.24, 2.45) is 0 Å². The summed E-state index contributed by atoms with van der Waals surface area (Å²) in [7, 11) is 0. The first-order chi connectivity index (χ1) is 13.7. The van der Waals surface area contributed by atoms with E-state index in [1.807, 2.05) is 24.3 Å². The molecule has 0 aliphatic carbocycles. The van der Waals surface area contributed by atoms with Gasteiger partial charge >= 0.3 is 0 Å². The van der Waals surface area contributed by atoms with E-state index in [9.17, 15) is 4.79 Å². The maximum Gasteiger partial charge on any atom is 0.220 e. The van der Waals surface area contributed by atoms with E-state index >= 15 is 0 Å². The summed E-state index contributed by atoms with van der Waals surface area (Å²) in [6, 6.07) is 11.1. The van der Waals surface area contributed by atoms with E-state index in [1.54, 1.807) is 35.9 Å². The summed E-state index contributed by atoms with van der Waals surface area (Å²) >= 11 is 7.48. The smallest absolute Gasteiger partial charge is 0.220 e. The van der Waals surface area contributed by atoms with Gasteiger partial charge in [-0.1, -0.05) is 11.6 Å². The van der Waals surface area contributed by atoms with Gasteiger partial charge in [0.15, 0.2) is 0 Å². The molecule has 7 heteroatoms. The molecule has 5 nitrogen and oxygen atoms in total. The normalized spacial score (nSPS) is 10.6. The number of hydrogen-bond acceptors (Lipinski definition) is 5. The molecule has 0 saturated heterocycles. The molecule has 146 valence electrons. The van der Waals surface area contributed by atoms with Gasteiger partial charge in [0.25, 0.3) is 0 Å². The SMILES string of the molecule is O=C(CCCOc1ccc(Cl)cc1)NCCCc1nc(-c2ccncc2)cs1. The molecule has 28 heavy (non-hydrogen) atoms. The fraction of sp³-hybridized carbons (Fsp3) is 0.286. The third kappa shape index (κ3) is 6.62. The van der Waals surface area contributed by atoms with Crippen molar-refractivity contribution in [2.45, 2.75) is 25.7 Å². The van der Waals surface area contributed by atoms with E-state index in [-0.39, 0.29) is 5.91 Å². The quantitative estimate of drug-likeness (QED) is 0.484. The van der Waals surface area contributed by atoms with E-state index in [1.165, 1.54) is 0 Å². The maximum atomic E-state index is 11.9. The van der Waals surface area contributed by atoms with Crippen LogP contribution in [0.25, 0.3) is 11.3 Å². The number of nitrogens with one attached hydrogen (secondary N) is 1. The zero-order chi connectivity index (χ0) is 19.6. The topological polar surface area (TPSA) is 64.1 Å². The fourth-order valence-electron chi connectivity index (χ4n) is 2.59. The highest BCUT2D eigenvalue weighted by molar-refractivity contribution is 7.09. The monoisotopic (exact) mass is 415 g/mol. The van der Waals surface area contributed by atoms with Crippen LogP contribution in [0.5, 0.6) is 5.75 Å². The maximum absolute atomic E-state index is 11.9. The Kier molecular flexibility index (Phi) is 7.82. The van der Waals surface area contributed by atoms with Gasteiger partial charge in [0, 0.05) is 47.7 Å². The van der Waals surface area contributed by atoms with Gasteiger partial charge in [0.05, 0.1) is 17.3 Å². The molecule has 0 radical (unpaired) electrons. The Hall–Kier alpha value is -2.44. The Balaban J connectivity index is 1.27. The third-order valence-electron chi connectivity index (χ3n) is 4.05. The number of aromatic nitrogens is 2. The van der Waals surface area contributed by atoms with E-state index in [0.717, 1.165) is 34.9 Å². The van der Waals surface area contributed by atoms with Crippen LogP contribution in [0.15, 0.2) is 54.2 Å². The molecule has 0 unspecified atom stereocenters. The molecule has 3 aromatic rings. The first-order valence-electron chi connectivity index (χ1n) is 9.20. The fourth-order valence-corrected chi connectivity index (χ4v) is 3.57. The van der Waals surface area contributed by atoms with Gasteiger partial charge in [0.1, 0.15) is 5.75 Å². The second-order valence-electron chi connectivity index (χ2n) is 6.22. The summed E-state index contributed by atoms with van der Waals surface area (Å²) in [5, 5.41) is 6.77. The van der Waals surface area contributed by atoms with Crippen LogP contribution in [-0.4, -0.2) is 29.0 Å². The Morgan fingerprint density at radius 1 is 1.11 bits per heavy atom. The molecule has 0 spiro atoms. The number of thiazole rings is 1. The number of carbonyl (C=O) groups excluding carboxylic acids is 1. The van der Waals surface area contributed by atoms with Crippen molar-refractivity contribution >= 4 is 28.8 Å². The summed E-state index contributed by atoms with van der Waals surface area (Å²) in [6.07, 6.45) is 6.40. The number of aryl methyl sites for hydroxylation is 1. The number of rotatable bonds is 10. The minimum Gasteiger partial charge on any atom is -0.494 e. The predicted octanol–water partition coefficient (Wildman–Crippen LogP) is 4.77. The molecule has 0 aliphatic rings. The summed E-state index contributed by atoms with van der Waals surface area (Å²) in [4.78, 5) is 20.6. The van der Waals surface area contributed by atoms with Crippen molar-refractivity contribution in [2.75, 3.05) is 13.2 Å². The van der Waals surface area contributed by atoms with Crippen LogP contribution in [-0.2, 0) is 11.2 Å². The number of amides is 1. The summed E-state index contributed by atoms with van der Waals surface area (Å²) in [5.41, 5.74) is 2.05. The van der Waals surface area contributed by atoms with E-state index in [4.69, 9.17) is 16.3 Å². The molecule has 0 bridgehead atoms. The van der Waals surface area contributed by atoms with Crippen molar-refractivity contribution in [3.05, 3.63) is 64.2 Å². The van der Waals surface area contributed by atoms with Gasteiger partial charge in [-0.15, -0.1) is 11.3 Å². The number of nitrogens with zero attached hydrogens (tertiary/aromatic N) is 2. The van der Waals surface area contributed by atoms with Crippen LogP contribution in [0.4, 0.5) is 0 Å². The van der Waals surface area contributed by atoms with Gasteiger partial charge < -0.3 is 10.1 Å². The number of halogens is 1. The highest BCUT2D eigenvalue weighted by Gasteiger charge is 2.05. The molecule has 0 aliphatic heterocycles. The van der Waals surface area contributed by atoms with Crippen LogP contribution < -0.4 is 10.1 Å². The Morgan fingerprint density at radius 2 is 1.89 bits per heavy atom. The van der Waals surface area contributed by atoms with Crippen LogP contribution in [0, 0.1) is 0 Å². The molecular formula is C21H22ClN3O2S. The van der Waals surface area contributed by atoms with E-state index in [0.29, 0.717) is 31.0 Å². The Morgan fingerprint density at radius 3 is 2.68 bits per heavy atom. The molecule has 1 amide bonds. The lowest BCUT2D eigenvalue weighted by molar-refractivity contribution is -0.121. The molecule has 2 heterocycles. The first kappa shape index (κ1) is 20.3. The van der Waals surface area contributed by atoms with E-state index < -0.39 is 0 Å². The van der Waals surface area contributed by atoms with E-state index in [2.05, 4.69) is 20.7 Å². The van der Waals surface area contributed by atoms with Crippen LogP contribution >= 0.6 is 22.9 Å². The van der Waals surface area contributed by atoms with Gasteiger partial charge in [-0.2, -0.15) is 0 Å². The standard InChI is InChI=1S/C21H22ClN3O2S/c22-17-5-7-18(8-6-17)27-14-2-3-20(26)24-11-1-4-21-25-19(15-28-21)16-9-12-23-13-10-16/h5-10,12-13,15H,1-4,11,14H2,(H,24,26). The van der Waals surface area contributed by atoms with Gasteiger partial charge in [-0.25, -0.2) is 4.98 Å². The molecule has 0 saturated carbocycles. The molecule has 1 N–H and O–H groups in total. The average Bonchev–Trinajstić information content (AvgIpc) is 3.20. The molecule has 2 aromatic heterocycles. The lowest BCUT2D eigenvalue weighted by Crippen LogP contribution is -2.24. The number of ether oxygens (including phenoxy) is 1. The Labute approximate surface area is 173 Å². The molecule has 3 rings (SSSR count). The number of carbonyl (C=O) groups is 1. The highest BCUT2D eigenvalue weighted by Crippen LogP contribution is 2.21. The molecule has 0 atom stereocenters. The van der Waals surface area contributed by atoms with Crippen molar-refractivity contribution in [3.8, 4) is 17.0 Å². The largest absolute Gasteiger partial charge is 0.494 e. The first-order valence-corrected chi connectivity index (χ1v) is 10.5. The van der Waals surface area contributed by atoms with Crippen LogP contribution in [0.2, 0.25) is 5.02 Å².